The number of carbonyl (C=O) groups excluding carboxylic acids is 1. The number of anilines is 1. The van der Waals surface area contributed by atoms with E-state index in [2.05, 4.69) is 26.7 Å². The maximum atomic E-state index is 11.7. The molecule has 0 saturated carbocycles. The highest BCUT2D eigenvalue weighted by Crippen LogP contribution is 2.27. The molecule has 0 radical (unpaired) electrons. The molecule has 0 fully saturated rings. The Morgan fingerprint density at radius 2 is 2.29 bits per heavy atom. The summed E-state index contributed by atoms with van der Waals surface area (Å²) in [4.78, 5) is 22.3. The van der Waals surface area contributed by atoms with E-state index < -0.39 is 0 Å². The van der Waals surface area contributed by atoms with Crippen LogP contribution in [0.4, 0.5) is 5.82 Å². The average Bonchev–Trinajstić information content (AvgIpc) is 3.11. The van der Waals surface area contributed by atoms with Gasteiger partial charge in [-0.2, -0.15) is 0 Å². The first kappa shape index (κ1) is 13.6. The Morgan fingerprint density at radius 1 is 1.38 bits per heavy atom. The summed E-state index contributed by atoms with van der Waals surface area (Å²) in [6, 6.07) is 5.37. The van der Waals surface area contributed by atoms with Crippen LogP contribution < -0.4 is 10.6 Å². The molecule has 0 aromatic carbocycles. The number of aromatic nitrogens is 2. The Morgan fingerprint density at radius 3 is 3.10 bits per heavy atom. The molecule has 0 aliphatic heterocycles. The quantitative estimate of drug-likeness (QED) is 0.708. The third kappa shape index (κ3) is 3.03. The van der Waals surface area contributed by atoms with Gasteiger partial charge < -0.3 is 15.1 Å². The molecule has 7 heteroatoms. The van der Waals surface area contributed by atoms with E-state index >= 15 is 0 Å². The lowest BCUT2D eigenvalue weighted by molar-refractivity contribution is 0.0927. The number of hydrogen-bond donors (Lipinski definition) is 2. The number of nitrogens with one attached hydrogen (secondary N) is 2. The van der Waals surface area contributed by atoms with Crippen LogP contribution in [0.3, 0.4) is 0 Å². The molecule has 0 aliphatic carbocycles. The molecule has 21 heavy (non-hydrogen) atoms. The summed E-state index contributed by atoms with van der Waals surface area (Å²) in [6.45, 7) is 3.10. The molecule has 108 valence electrons. The fraction of sp³-hybridized carbons (Fsp3) is 0.214. The Bertz CT molecular complexity index is 752. The van der Waals surface area contributed by atoms with Crippen LogP contribution in [-0.2, 0) is 0 Å². The van der Waals surface area contributed by atoms with Gasteiger partial charge in [-0.25, -0.2) is 9.97 Å². The van der Waals surface area contributed by atoms with Crippen LogP contribution in [0.5, 0.6) is 0 Å². The molecule has 0 saturated heterocycles. The van der Waals surface area contributed by atoms with Crippen molar-refractivity contribution in [2.75, 3.05) is 18.4 Å². The summed E-state index contributed by atoms with van der Waals surface area (Å²) >= 11 is 1.64. The van der Waals surface area contributed by atoms with E-state index in [1.54, 1.807) is 29.8 Å². The molecule has 6 nitrogen and oxygen atoms in total. The molecule has 3 rings (SSSR count). The lowest BCUT2D eigenvalue weighted by atomic mass is 10.3. The minimum Gasteiger partial charge on any atom is -0.459 e. The Kier molecular flexibility index (Phi) is 3.83. The third-order valence-corrected chi connectivity index (χ3v) is 3.86. The molecule has 0 unspecified atom stereocenters. The van der Waals surface area contributed by atoms with Crippen molar-refractivity contribution in [2.45, 2.75) is 6.92 Å². The van der Waals surface area contributed by atoms with E-state index in [0.717, 1.165) is 16.0 Å². The lowest BCUT2D eigenvalue weighted by Crippen LogP contribution is -2.28. The second-order valence-electron chi connectivity index (χ2n) is 4.46. The normalized spacial score (nSPS) is 10.7. The standard InChI is InChI=1S/C14H14N4O2S/c1-9-7-10-12(17-8-18-14(10)21-9)15-4-5-16-13(19)11-3-2-6-20-11/h2-3,6-8H,4-5H2,1H3,(H,16,19)(H,15,17,18). The van der Waals surface area contributed by atoms with E-state index in [-0.39, 0.29) is 5.91 Å². The predicted molar refractivity (Wildman–Crippen MR) is 81.7 cm³/mol. The van der Waals surface area contributed by atoms with Crippen molar-refractivity contribution in [2.24, 2.45) is 0 Å². The second kappa shape index (κ2) is 5.92. The van der Waals surface area contributed by atoms with Crippen molar-refractivity contribution in [1.29, 1.82) is 0 Å². The zero-order chi connectivity index (χ0) is 14.7. The summed E-state index contributed by atoms with van der Waals surface area (Å²) < 4.78 is 5.02. The number of carbonyl (C=O) groups is 1. The number of nitrogens with zero attached hydrogens (tertiary/aromatic N) is 2. The molecular formula is C14H14N4O2S. The van der Waals surface area contributed by atoms with Crippen molar-refractivity contribution in [3.63, 3.8) is 0 Å². The van der Waals surface area contributed by atoms with Crippen LogP contribution in [0.25, 0.3) is 10.2 Å². The minimum atomic E-state index is -0.221. The summed E-state index contributed by atoms with van der Waals surface area (Å²) in [7, 11) is 0. The zero-order valence-electron chi connectivity index (χ0n) is 11.4. The van der Waals surface area contributed by atoms with Crippen LogP contribution in [0.2, 0.25) is 0 Å². The highest BCUT2D eigenvalue weighted by molar-refractivity contribution is 7.18. The Labute approximate surface area is 125 Å². The number of hydrogen-bond acceptors (Lipinski definition) is 6. The Balaban J connectivity index is 1.56. The van der Waals surface area contributed by atoms with Crippen molar-refractivity contribution < 1.29 is 9.21 Å². The summed E-state index contributed by atoms with van der Waals surface area (Å²) in [5.74, 6) is 0.880. The number of furan rings is 1. The van der Waals surface area contributed by atoms with Crippen molar-refractivity contribution in [3.05, 3.63) is 41.4 Å². The van der Waals surface area contributed by atoms with Gasteiger partial charge in [-0.1, -0.05) is 0 Å². The van der Waals surface area contributed by atoms with Gasteiger partial charge in [-0.3, -0.25) is 4.79 Å². The van der Waals surface area contributed by atoms with E-state index in [9.17, 15) is 4.79 Å². The van der Waals surface area contributed by atoms with Crippen LogP contribution >= 0.6 is 11.3 Å². The highest BCUT2D eigenvalue weighted by Gasteiger charge is 2.08. The van der Waals surface area contributed by atoms with Crippen LogP contribution in [-0.4, -0.2) is 29.0 Å². The van der Waals surface area contributed by atoms with E-state index in [4.69, 9.17) is 4.42 Å². The maximum Gasteiger partial charge on any atom is 0.287 e. The summed E-state index contributed by atoms with van der Waals surface area (Å²) in [5.41, 5.74) is 0. The first-order valence-corrected chi connectivity index (χ1v) is 7.32. The molecule has 1 amide bonds. The van der Waals surface area contributed by atoms with Crippen molar-refractivity contribution in [3.8, 4) is 0 Å². The van der Waals surface area contributed by atoms with Gasteiger partial charge in [0.1, 0.15) is 17.0 Å². The van der Waals surface area contributed by atoms with Crippen LogP contribution in [0.15, 0.2) is 35.2 Å². The number of amides is 1. The molecule has 3 aromatic heterocycles. The van der Waals surface area contributed by atoms with Gasteiger partial charge in [0.05, 0.1) is 11.6 Å². The smallest absolute Gasteiger partial charge is 0.287 e. The van der Waals surface area contributed by atoms with E-state index in [1.165, 1.54) is 11.1 Å². The fourth-order valence-electron chi connectivity index (χ4n) is 1.97. The van der Waals surface area contributed by atoms with E-state index in [1.807, 2.05) is 6.92 Å². The number of fused-ring (bicyclic) bond motifs is 1. The SMILES string of the molecule is Cc1cc2c(NCCNC(=O)c3ccco3)ncnc2s1. The number of thiophene rings is 1. The fourth-order valence-corrected chi connectivity index (χ4v) is 2.82. The number of aryl methyl sites for hydroxylation is 1. The van der Waals surface area contributed by atoms with Gasteiger partial charge in [-0.15, -0.1) is 11.3 Å². The molecule has 3 heterocycles. The molecule has 0 spiro atoms. The van der Waals surface area contributed by atoms with Gasteiger partial charge in [0.25, 0.3) is 5.91 Å². The summed E-state index contributed by atoms with van der Waals surface area (Å²) in [6.07, 6.45) is 3.02. The molecule has 0 aliphatic rings. The predicted octanol–water partition coefficient (Wildman–Crippen LogP) is 2.43. The van der Waals surface area contributed by atoms with Crippen LogP contribution in [0.1, 0.15) is 15.4 Å². The van der Waals surface area contributed by atoms with Gasteiger partial charge >= 0.3 is 0 Å². The largest absolute Gasteiger partial charge is 0.459 e. The van der Waals surface area contributed by atoms with Crippen molar-refractivity contribution in [1.82, 2.24) is 15.3 Å². The van der Waals surface area contributed by atoms with Gasteiger partial charge in [0, 0.05) is 18.0 Å². The lowest BCUT2D eigenvalue weighted by Gasteiger charge is -2.07. The molecule has 0 bridgehead atoms. The maximum absolute atomic E-state index is 11.7. The first-order chi connectivity index (χ1) is 10.2. The highest BCUT2D eigenvalue weighted by atomic mass is 32.1. The summed E-state index contributed by atoms with van der Waals surface area (Å²) in [5, 5.41) is 7.00. The van der Waals surface area contributed by atoms with Gasteiger partial charge in [-0.05, 0) is 25.1 Å². The third-order valence-electron chi connectivity index (χ3n) is 2.90. The molecule has 3 aromatic rings. The topological polar surface area (TPSA) is 80.0 Å². The van der Waals surface area contributed by atoms with Gasteiger partial charge in [0.2, 0.25) is 0 Å². The number of rotatable bonds is 5. The molecule has 0 atom stereocenters. The Hall–Kier alpha value is -2.41. The monoisotopic (exact) mass is 302 g/mol. The van der Waals surface area contributed by atoms with Crippen LogP contribution in [0, 0.1) is 6.92 Å². The van der Waals surface area contributed by atoms with Gasteiger partial charge in [0.15, 0.2) is 5.76 Å². The average molecular weight is 302 g/mol. The molecule has 2 N–H and O–H groups in total. The zero-order valence-corrected chi connectivity index (χ0v) is 12.2. The first-order valence-electron chi connectivity index (χ1n) is 6.51. The molecular weight excluding hydrogens is 288 g/mol. The second-order valence-corrected chi connectivity index (χ2v) is 5.69. The van der Waals surface area contributed by atoms with E-state index in [0.29, 0.717) is 18.8 Å². The minimum absolute atomic E-state index is 0.221. The van der Waals surface area contributed by atoms with Crippen molar-refractivity contribution >= 4 is 33.3 Å².